The van der Waals surface area contributed by atoms with E-state index in [1.54, 1.807) is 0 Å². The molecule has 3 atom stereocenters. The van der Waals surface area contributed by atoms with E-state index in [0.717, 1.165) is 51.0 Å². The van der Waals surface area contributed by atoms with Crippen LogP contribution in [0.15, 0.2) is 36.4 Å². The van der Waals surface area contributed by atoms with Crippen LogP contribution in [0.5, 0.6) is 5.75 Å². The number of phenols is 1. The second kappa shape index (κ2) is 21.5. The summed E-state index contributed by atoms with van der Waals surface area (Å²) < 4.78 is 4.72. The van der Waals surface area contributed by atoms with Crippen LogP contribution < -0.4 is 5.32 Å². The molecular formula is C33H47NO12. The minimum Gasteiger partial charge on any atom is -0.508 e. The highest BCUT2D eigenvalue weighted by atomic mass is 16.6. The van der Waals surface area contributed by atoms with E-state index in [4.69, 9.17) is 9.84 Å². The number of carboxylic acid groups (broad SMARTS) is 3. The molecule has 0 aliphatic heterocycles. The van der Waals surface area contributed by atoms with E-state index < -0.39 is 60.4 Å². The number of benzene rings is 1. The number of ketones is 1. The fourth-order valence-electron chi connectivity index (χ4n) is 4.79. The highest BCUT2D eigenvalue weighted by Gasteiger charge is 2.49. The molecule has 0 saturated heterocycles. The lowest BCUT2D eigenvalue weighted by Gasteiger charge is -2.29. The Kier molecular flexibility index (Phi) is 18.6. The topological polar surface area (TPSA) is 225 Å². The minimum absolute atomic E-state index is 0.0789. The number of esters is 1. The van der Waals surface area contributed by atoms with Crippen LogP contribution in [0.2, 0.25) is 0 Å². The van der Waals surface area contributed by atoms with Crippen molar-refractivity contribution >= 4 is 35.6 Å². The number of aliphatic carboxylic acids is 3. The number of amides is 1. The van der Waals surface area contributed by atoms with E-state index in [9.17, 15) is 49.2 Å². The maximum Gasteiger partial charge on any atom is 0.341 e. The zero-order valence-corrected chi connectivity index (χ0v) is 26.3. The van der Waals surface area contributed by atoms with Crippen LogP contribution in [0.3, 0.4) is 0 Å². The highest BCUT2D eigenvalue weighted by Crippen LogP contribution is 2.26. The van der Waals surface area contributed by atoms with Crippen molar-refractivity contribution in [3.8, 4) is 5.75 Å². The number of rotatable bonds is 25. The van der Waals surface area contributed by atoms with Gasteiger partial charge >= 0.3 is 23.9 Å². The Bertz CT molecular complexity index is 1180. The number of carbonyl (C=O) groups is 6. The molecule has 1 rings (SSSR count). The maximum atomic E-state index is 13.4. The van der Waals surface area contributed by atoms with Gasteiger partial charge in [-0.15, -0.1) is 0 Å². The summed E-state index contributed by atoms with van der Waals surface area (Å²) in [6.45, 7) is 1.12. The molecule has 13 heteroatoms. The molecule has 46 heavy (non-hydrogen) atoms. The molecule has 0 saturated carbocycles. The lowest BCUT2D eigenvalue weighted by atomic mass is 9.82. The molecule has 0 aliphatic carbocycles. The number of carbonyl (C=O) groups excluding carboxylic acids is 3. The lowest BCUT2D eigenvalue weighted by molar-refractivity contribution is -0.172. The average Bonchev–Trinajstić information content (AvgIpc) is 2.99. The van der Waals surface area contributed by atoms with Crippen LogP contribution in [-0.4, -0.2) is 79.4 Å². The number of Topliss-reactive ketones (excluding diaryl/α,β-unsaturated/α-hetero) is 1. The Morgan fingerprint density at radius 1 is 0.848 bits per heavy atom. The minimum atomic E-state index is -3.09. The predicted octanol–water partition coefficient (Wildman–Crippen LogP) is 3.78. The zero-order chi connectivity index (χ0) is 34.5. The van der Waals surface area contributed by atoms with E-state index in [1.807, 2.05) is 0 Å². The first-order valence-electron chi connectivity index (χ1n) is 15.6. The highest BCUT2D eigenvalue weighted by molar-refractivity contribution is 5.95. The number of carboxylic acids is 3. The van der Waals surface area contributed by atoms with Gasteiger partial charge in [-0.1, -0.05) is 69.7 Å². The number of aliphatic hydroxyl groups is 1. The summed E-state index contributed by atoms with van der Waals surface area (Å²) in [5.74, 6) is -9.28. The molecule has 0 bridgehead atoms. The number of nitrogens with one attached hydrogen (secondary N) is 1. The van der Waals surface area contributed by atoms with Gasteiger partial charge < -0.3 is 35.6 Å². The fraction of sp³-hybridized carbons (Fsp3) is 0.576. The smallest absolute Gasteiger partial charge is 0.341 e. The van der Waals surface area contributed by atoms with Gasteiger partial charge in [0.05, 0.1) is 12.3 Å². The summed E-state index contributed by atoms with van der Waals surface area (Å²) in [6.07, 6.45) is 10.7. The lowest BCUT2D eigenvalue weighted by Crippen LogP contribution is -2.55. The van der Waals surface area contributed by atoms with E-state index in [1.165, 1.54) is 36.8 Å². The Morgan fingerprint density at radius 2 is 1.43 bits per heavy atom. The number of phenolic OH excluding ortho intramolecular Hbond substituents is 1. The van der Waals surface area contributed by atoms with Crippen LogP contribution in [0.1, 0.15) is 96.0 Å². The summed E-state index contributed by atoms with van der Waals surface area (Å²) in [7, 11) is 0. The van der Waals surface area contributed by atoms with E-state index in [0.29, 0.717) is 31.2 Å². The molecule has 0 heterocycles. The van der Waals surface area contributed by atoms with Crippen LogP contribution in [0.4, 0.5) is 0 Å². The molecule has 0 aliphatic rings. The van der Waals surface area contributed by atoms with Gasteiger partial charge in [0.2, 0.25) is 5.91 Å². The molecule has 0 spiro atoms. The number of ether oxygens (including phenoxy) is 1. The SMILES string of the molecule is CCCCCCCC(=O)CCCCCC/C=C/[C@H](C(=O)N[C@@H](Cc1ccc(O)cc1)C(=O)OCC(=O)O)[C@@](O)(CC(=O)O)C(=O)O. The molecule has 0 radical (unpaired) electrons. The standard InChI is InChI=1S/C33H47NO12/c1-2-3-4-7-10-13-24(35)14-11-8-5-6-9-12-15-26(33(45,32(43)44)21-28(37)38)30(41)34-27(31(42)46-22-29(39)40)20-23-16-18-25(36)19-17-23/h12,15-19,26-27,36,45H,2-11,13-14,20-22H2,1H3,(H,34,41)(H,37,38)(H,39,40)(H,43,44)/b15-12+/t26-,27+,33+/m1/s1. The third kappa shape index (κ3) is 15.6. The second-order valence-electron chi connectivity index (χ2n) is 11.3. The van der Waals surface area contributed by atoms with Gasteiger partial charge in [0.15, 0.2) is 12.2 Å². The van der Waals surface area contributed by atoms with E-state index >= 15 is 0 Å². The summed E-state index contributed by atoms with van der Waals surface area (Å²) in [4.78, 5) is 72.6. The van der Waals surface area contributed by atoms with Gasteiger partial charge in [-0.05, 0) is 43.4 Å². The van der Waals surface area contributed by atoms with E-state index in [-0.39, 0.29) is 18.0 Å². The summed E-state index contributed by atoms with van der Waals surface area (Å²) in [6, 6.07) is 3.93. The molecule has 0 aromatic heterocycles. The van der Waals surface area contributed by atoms with Crippen molar-refractivity contribution in [3.05, 3.63) is 42.0 Å². The molecule has 256 valence electrons. The maximum absolute atomic E-state index is 13.4. The number of allylic oxidation sites excluding steroid dienone is 1. The van der Waals surface area contributed by atoms with Gasteiger partial charge in [0.1, 0.15) is 17.6 Å². The van der Waals surface area contributed by atoms with Crippen LogP contribution in [0, 0.1) is 5.92 Å². The van der Waals surface area contributed by atoms with Crippen molar-refractivity contribution < 1.29 is 59.0 Å². The van der Waals surface area contributed by atoms with Gasteiger partial charge in [-0.2, -0.15) is 0 Å². The molecule has 0 unspecified atom stereocenters. The molecule has 0 fully saturated rings. The average molecular weight is 650 g/mol. The third-order valence-corrected chi connectivity index (χ3v) is 7.37. The van der Waals surface area contributed by atoms with Gasteiger partial charge in [-0.25, -0.2) is 14.4 Å². The summed E-state index contributed by atoms with van der Waals surface area (Å²) in [5.41, 5.74) is -2.67. The number of unbranched alkanes of at least 4 members (excludes halogenated alkanes) is 8. The molecule has 1 aromatic rings. The first-order chi connectivity index (χ1) is 21.8. The molecule has 1 aromatic carbocycles. The summed E-state index contributed by atoms with van der Waals surface area (Å²) >= 11 is 0. The largest absolute Gasteiger partial charge is 0.508 e. The zero-order valence-electron chi connectivity index (χ0n) is 26.3. The van der Waals surface area contributed by atoms with Crippen molar-refractivity contribution in [2.24, 2.45) is 5.92 Å². The third-order valence-electron chi connectivity index (χ3n) is 7.37. The Balaban J connectivity index is 2.94. The summed E-state index contributed by atoms with van der Waals surface area (Å²) in [5, 5.41) is 50.7. The van der Waals surface area contributed by atoms with Crippen molar-refractivity contribution in [1.82, 2.24) is 5.32 Å². The van der Waals surface area contributed by atoms with Crippen molar-refractivity contribution in [3.63, 3.8) is 0 Å². The molecule has 13 nitrogen and oxygen atoms in total. The normalized spacial score (nSPS) is 13.8. The predicted molar refractivity (Wildman–Crippen MR) is 166 cm³/mol. The quantitative estimate of drug-likeness (QED) is 0.0506. The Hall–Kier alpha value is -4.26. The van der Waals surface area contributed by atoms with Crippen molar-refractivity contribution in [2.75, 3.05) is 6.61 Å². The first kappa shape index (κ1) is 39.8. The fourth-order valence-corrected chi connectivity index (χ4v) is 4.79. The molecular weight excluding hydrogens is 602 g/mol. The van der Waals surface area contributed by atoms with E-state index in [2.05, 4.69) is 12.2 Å². The number of aromatic hydroxyl groups is 1. The van der Waals surface area contributed by atoms with Gasteiger partial charge in [-0.3, -0.25) is 14.4 Å². The first-order valence-corrected chi connectivity index (χ1v) is 15.6. The number of hydrogen-bond acceptors (Lipinski definition) is 9. The monoisotopic (exact) mass is 649 g/mol. The molecule has 6 N–H and O–H groups in total. The number of hydrogen-bond donors (Lipinski definition) is 6. The van der Waals surface area contributed by atoms with Crippen LogP contribution in [-0.2, 0) is 39.9 Å². The van der Waals surface area contributed by atoms with Crippen molar-refractivity contribution in [1.29, 1.82) is 0 Å². The van der Waals surface area contributed by atoms with Crippen molar-refractivity contribution in [2.45, 2.75) is 108 Å². The van der Waals surface area contributed by atoms with Crippen LogP contribution >= 0.6 is 0 Å². The van der Waals surface area contributed by atoms with Crippen LogP contribution in [0.25, 0.3) is 0 Å². The second-order valence-corrected chi connectivity index (χ2v) is 11.3. The van der Waals surface area contributed by atoms with Gasteiger partial charge in [0, 0.05) is 19.3 Å². The van der Waals surface area contributed by atoms with Gasteiger partial charge in [0.25, 0.3) is 0 Å². The molecule has 1 amide bonds. The Morgan fingerprint density at radius 3 is 1.98 bits per heavy atom. The Labute approximate surface area is 268 Å².